The summed E-state index contributed by atoms with van der Waals surface area (Å²) < 4.78 is 41.7. The predicted molar refractivity (Wildman–Crippen MR) is 118 cm³/mol. The van der Waals surface area contributed by atoms with Crippen molar-refractivity contribution in [3.05, 3.63) is 59.7 Å². The molecule has 9 heteroatoms. The molecule has 1 aliphatic heterocycles. The number of hydrogen-bond acceptors (Lipinski definition) is 4. The highest BCUT2D eigenvalue weighted by molar-refractivity contribution is 5.89. The number of nitrogens with one attached hydrogen (secondary N) is 2. The van der Waals surface area contributed by atoms with E-state index in [1.54, 1.807) is 6.07 Å². The number of amides is 2. The van der Waals surface area contributed by atoms with Crippen LogP contribution in [0.3, 0.4) is 0 Å². The highest BCUT2D eigenvalue weighted by atomic mass is 19.4. The van der Waals surface area contributed by atoms with Crippen LogP contribution < -0.4 is 15.4 Å². The maximum atomic E-state index is 12.3. The summed E-state index contributed by atoms with van der Waals surface area (Å²) in [5.74, 6) is 0.0358. The first-order valence-corrected chi connectivity index (χ1v) is 10.7. The molecular weight excluding hydrogens is 421 g/mol. The zero-order valence-electron chi connectivity index (χ0n) is 18.1. The molecule has 2 amide bonds. The monoisotopic (exact) mass is 450 g/mol. The smallest absolute Gasteiger partial charge is 0.422 e. The van der Waals surface area contributed by atoms with Crippen LogP contribution in [0.5, 0.6) is 5.75 Å². The first-order chi connectivity index (χ1) is 15.3. The van der Waals surface area contributed by atoms with E-state index < -0.39 is 18.8 Å². The summed E-state index contributed by atoms with van der Waals surface area (Å²) in [5.41, 5.74) is 2.55. The van der Waals surface area contributed by atoms with E-state index >= 15 is 0 Å². The Morgan fingerprint density at radius 1 is 1.00 bits per heavy atom. The number of likely N-dealkylation sites (N-methyl/N-ethyl adjacent to an activating group) is 1. The third-order valence-corrected chi connectivity index (χ3v) is 5.36. The number of carbonyl (C=O) groups excluding carboxylic acids is 1. The molecule has 0 spiro atoms. The van der Waals surface area contributed by atoms with Crippen molar-refractivity contribution in [3.63, 3.8) is 0 Å². The number of carbonyl (C=O) groups is 1. The highest BCUT2D eigenvalue weighted by Gasteiger charge is 2.28. The third-order valence-electron chi connectivity index (χ3n) is 5.36. The Morgan fingerprint density at radius 3 is 2.38 bits per heavy atom. The lowest BCUT2D eigenvalue weighted by Gasteiger charge is -2.34. The van der Waals surface area contributed by atoms with Gasteiger partial charge in [0.05, 0.1) is 0 Å². The van der Waals surface area contributed by atoms with Crippen molar-refractivity contribution in [2.24, 2.45) is 0 Å². The second-order valence-corrected chi connectivity index (χ2v) is 7.72. The molecule has 1 heterocycles. The summed E-state index contributed by atoms with van der Waals surface area (Å²) in [6.07, 6.45) is -4.42. The Labute approximate surface area is 186 Å². The second kappa shape index (κ2) is 11.2. The number of nitrogens with zero attached hydrogens (tertiary/aromatic N) is 2. The van der Waals surface area contributed by atoms with Crippen LogP contribution in [0.2, 0.25) is 0 Å². The third kappa shape index (κ3) is 7.72. The number of urea groups is 1. The Hall–Kier alpha value is -2.78. The number of rotatable bonds is 8. The molecule has 3 rings (SSSR count). The van der Waals surface area contributed by atoms with Gasteiger partial charge in [-0.1, -0.05) is 37.3 Å². The molecule has 0 unspecified atom stereocenters. The Morgan fingerprint density at radius 2 is 1.69 bits per heavy atom. The van der Waals surface area contributed by atoms with Crippen LogP contribution >= 0.6 is 0 Å². The fourth-order valence-corrected chi connectivity index (χ4v) is 3.57. The van der Waals surface area contributed by atoms with Gasteiger partial charge in [0.15, 0.2) is 6.61 Å². The molecule has 0 aromatic heterocycles. The first kappa shape index (κ1) is 23.9. The van der Waals surface area contributed by atoms with Crippen molar-refractivity contribution >= 4 is 11.7 Å². The van der Waals surface area contributed by atoms with Crippen molar-refractivity contribution in [2.75, 3.05) is 44.6 Å². The quantitative estimate of drug-likeness (QED) is 0.636. The van der Waals surface area contributed by atoms with Gasteiger partial charge in [0.2, 0.25) is 0 Å². The minimum absolute atomic E-state index is 0.0358. The summed E-state index contributed by atoms with van der Waals surface area (Å²) in [6.45, 7) is 7.19. The fraction of sp³-hybridized carbons (Fsp3) is 0.435. The predicted octanol–water partition coefficient (Wildman–Crippen LogP) is 4.09. The van der Waals surface area contributed by atoms with E-state index in [0.717, 1.165) is 44.8 Å². The van der Waals surface area contributed by atoms with Gasteiger partial charge in [-0.2, -0.15) is 13.2 Å². The highest BCUT2D eigenvalue weighted by Crippen LogP contribution is 2.21. The summed E-state index contributed by atoms with van der Waals surface area (Å²) in [7, 11) is 0. The molecule has 2 aromatic rings. The van der Waals surface area contributed by atoms with Gasteiger partial charge in [0, 0.05) is 51.0 Å². The average molecular weight is 451 g/mol. The van der Waals surface area contributed by atoms with Gasteiger partial charge in [-0.25, -0.2) is 4.79 Å². The molecule has 174 valence electrons. The lowest BCUT2D eigenvalue weighted by molar-refractivity contribution is -0.153. The van der Waals surface area contributed by atoms with Gasteiger partial charge in [-0.3, -0.25) is 4.90 Å². The van der Waals surface area contributed by atoms with Crippen molar-refractivity contribution < 1.29 is 22.7 Å². The van der Waals surface area contributed by atoms with Crippen LogP contribution in [0.15, 0.2) is 48.5 Å². The van der Waals surface area contributed by atoms with Crippen LogP contribution in [0, 0.1) is 0 Å². The molecule has 32 heavy (non-hydrogen) atoms. The normalized spacial score (nSPS) is 15.4. The van der Waals surface area contributed by atoms with Gasteiger partial charge in [-0.15, -0.1) is 0 Å². The molecule has 0 radical (unpaired) electrons. The van der Waals surface area contributed by atoms with Crippen molar-refractivity contribution in [1.82, 2.24) is 15.1 Å². The molecule has 1 fully saturated rings. The van der Waals surface area contributed by atoms with E-state index in [9.17, 15) is 18.0 Å². The van der Waals surface area contributed by atoms with E-state index in [0.29, 0.717) is 12.2 Å². The summed E-state index contributed by atoms with van der Waals surface area (Å²) in [5, 5.41) is 5.45. The first-order valence-electron chi connectivity index (χ1n) is 10.7. The van der Waals surface area contributed by atoms with Gasteiger partial charge in [0.25, 0.3) is 0 Å². The van der Waals surface area contributed by atoms with Crippen molar-refractivity contribution in [1.29, 1.82) is 0 Å². The van der Waals surface area contributed by atoms with Crippen LogP contribution in [-0.2, 0) is 13.1 Å². The zero-order valence-corrected chi connectivity index (χ0v) is 18.1. The summed E-state index contributed by atoms with van der Waals surface area (Å²) in [4.78, 5) is 17.2. The van der Waals surface area contributed by atoms with E-state index in [-0.39, 0.29) is 5.75 Å². The van der Waals surface area contributed by atoms with Crippen LogP contribution in [-0.4, -0.2) is 61.3 Å². The van der Waals surface area contributed by atoms with E-state index in [2.05, 4.69) is 33.4 Å². The zero-order chi connectivity index (χ0) is 23.0. The number of benzene rings is 2. The fourth-order valence-electron chi connectivity index (χ4n) is 3.57. The summed E-state index contributed by atoms with van der Waals surface area (Å²) in [6, 6.07) is 13.4. The lowest BCUT2D eigenvalue weighted by atomic mass is 10.1. The van der Waals surface area contributed by atoms with E-state index in [4.69, 9.17) is 4.74 Å². The minimum Gasteiger partial charge on any atom is -0.484 e. The van der Waals surface area contributed by atoms with Gasteiger partial charge >= 0.3 is 12.2 Å². The number of piperazine rings is 1. The number of hydrogen-bond donors (Lipinski definition) is 2. The van der Waals surface area contributed by atoms with Crippen molar-refractivity contribution in [2.45, 2.75) is 26.2 Å². The van der Waals surface area contributed by atoms with Gasteiger partial charge < -0.3 is 20.3 Å². The number of anilines is 1. The Balaban J connectivity index is 1.51. The molecule has 2 N–H and O–H groups in total. The number of halogens is 3. The summed E-state index contributed by atoms with van der Waals surface area (Å²) >= 11 is 0. The number of alkyl halides is 3. The van der Waals surface area contributed by atoms with Crippen LogP contribution in [0.4, 0.5) is 23.7 Å². The van der Waals surface area contributed by atoms with E-state index in [1.165, 1.54) is 23.8 Å². The minimum atomic E-state index is -4.42. The molecule has 1 saturated heterocycles. The molecule has 6 nitrogen and oxygen atoms in total. The number of ether oxygens (including phenoxy) is 1. The average Bonchev–Trinajstić information content (AvgIpc) is 2.77. The van der Waals surface area contributed by atoms with Crippen LogP contribution in [0.1, 0.15) is 18.1 Å². The molecule has 1 aliphatic rings. The Bertz CT molecular complexity index is 884. The van der Waals surface area contributed by atoms with E-state index in [1.807, 2.05) is 18.2 Å². The molecule has 0 atom stereocenters. The lowest BCUT2D eigenvalue weighted by Crippen LogP contribution is -2.45. The Kier molecular flexibility index (Phi) is 8.35. The molecule has 0 bridgehead atoms. The largest absolute Gasteiger partial charge is 0.484 e. The topological polar surface area (TPSA) is 56.8 Å². The standard InChI is InChI=1S/C23H29F3N4O2/c1-2-29-10-12-30(13-11-29)16-19-7-4-3-6-18(19)15-27-22(31)28-20-8-5-9-21(14-20)32-17-23(24,25)26/h3-9,14H,2,10-13,15-17H2,1H3,(H2,27,28,31). The molecule has 0 aliphatic carbocycles. The van der Waals surface area contributed by atoms with Crippen LogP contribution in [0.25, 0.3) is 0 Å². The van der Waals surface area contributed by atoms with Gasteiger partial charge in [0.1, 0.15) is 5.75 Å². The van der Waals surface area contributed by atoms with Gasteiger partial charge in [-0.05, 0) is 29.8 Å². The molecule has 0 saturated carbocycles. The maximum absolute atomic E-state index is 12.3. The maximum Gasteiger partial charge on any atom is 0.422 e. The molecule has 2 aromatic carbocycles. The molecular formula is C23H29F3N4O2. The van der Waals surface area contributed by atoms with Crippen molar-refractivity contribution in [3.8, 4) is 5.75 Å². The second-order valence-electron chi connectivity index (χ2n) is 7.72. The SMILES string of the molecule is CCN1CCN(Cc2ccccc2CNC(=O)Nc2cccc(OCC(F)(F)F)c2)CC1.